The highest BCUT2D eigenvalue weighted by Gasteiger charge is 2.30. The number of halogens is 3. The van der Waals surface area contributed by atoms with Gasteiger partial charge in [0.2, 0.25) is 5.95 Å². The van der Waals surface area contributed by atoms with E-state index in [0.29, 0.717) is 5.95 Å². The topological polar surface area (TPSA) is 93.7 Å². The standard InChI is InChI=1S/C16H15F3N4O4/c1-23(15-20-7-2-8-21-15)9-14(25)26-10-13(24)22-11-3-5-12(6-4-11)27-16(17,18)19/h2-8H,9-10H2,1H3,(H,22,24). The van der Waals surface area contributed by atoms with E-state index in [1.807, 2.05) is 0 Å². The van der Waals surface area contributed by atoms with Gasteiger partial charge in [0.05, 0.1) is 0 Å². The summed E-state index contributed by atoms with van der Waals surface area (Å²) < 4.78 is 44.8. The van der Waals surface area contributed by atoms with Crippen molar-refractivity contribution in [1.82, 2.24) is 9.97 Å². The minimum atomic E-state index is -4.79. The highest BCUT2D eigenvalue weighted by molar-refractivity contribution is 5.93. The Morgan fingerprint density at radius 2 is 1.78 bits per heavy atom. The van der Waals surface area contributed by atoms with Crippen molar-refractivity contribution in [2.45, 2.75) is 6.36 Å². The summed E-state index contributed by atoms with van der Waals surface area (Å²) in [5.41, 5.74) is 0.223. The zero-order valence-corrected chi connectivity index (χ0v) is 14.1. The van der Waals surface area contributed by atoms with Crippen LogP contribution in [0.15, 0.2) is 42.7 Å². The number of hydrogen-bond donors (Lipinski definition) is 1. The molecule has 2 rings (SSSR count). The lowest BCUT2D eigenvalue weighted by atomic mass is 10.3. The third-order valence-corrected chi connectivity index (χ3v) is 3.00. The Morgan fingerprint density at radius 1 is 1.15 bits per heavy atom. The summed E-state index contributed by atoms with van der Waals surface area (Å²) in [6.45, 7) is -0.718. The maximum Gasteiger partial charge on any atom is 0.573 e. The summed E-state index contributed by atoms with van der Waals surface area (Å²) >= 11 is 0. The maximum atomic E-state index is 12.1. The van der Waals surface area contributed by atoms with Crippen LogP contribution in [0.4, 0.5) is 24.8 Å². The average molecular weight is 384 g/mol. The molecular formula is C16H15F3N4O4. The monoisotopic (exact) mass is 384 g/mol. The summed E-state index contributed by atoms with van der Waals surface area (Å²) in [4.78, 5) is 32.8. The van der Waals surface area contributed by atoms with E-state index in [4.69, 9.17) is 4.74 Å². The molecule has 0 atom stereocenters. The molecule has 8 nitrogen and oxygen atoms in total. The smallest absolute Gasteiger partial charge is 0.454 e. The minimum absolute atomic E-state index is 0.166. The predicted octanol–water partition coefficient (Wildman–Crippen LogP) is 1.99. The van der Waals surface area contributed by atoms with E-state index < -0.39 is 30.6 Å². The summed E-state index contributed by atoms with van der Waals surface area (Å²) in [6, 6.07) is 6.16. The van der Waals surface area contributed by atoms with Gasteiger partial charge in [-0.15, -0.1) is 13.2 Å². The van der Waals surface area contributed by atoms with Crippen molar-refractivity contribution < 1.29 is 32.2 Å². The first-order valence-corrected chi connectivity index (χ1v) is 7.52. The fourth-order valence-corrected chi connectivity index (χ4v) is 1.88. The van der Waals surface area contributed by atoms with Crippen LogP contribution < -0.4 is 15.0 Å². The normalized spacial score (nSPS) is 10.8. The van der Waals surface area contributed by atoms with E-state index in [-0.39, 0.29) is 12.2 Å². The number of anilines is 2. The van der Waals surface area contributed by atoms with Crippen molar-refractivity contribution in [2.24, 2.45) is 0 Å². The third-order valence-electron chi connectivity index (χ3n) is 3.00. The number of rotatable bonds is 7. The van der Waals surface area contributed by atoms with Gasteiger partial charge < -0.3 is 19.7 Å². The van der Waals surface area contributed by atoms with Gasteiger partial charge in [0.1, 0.15) is 12.3 Å². The van der Waals surface area contributed by atoms with Gasteiger partial charge in [0.15, 0.2) is 6.61 Å². The van der Waals surface area contributed by atoms with Crippen molar-refractivity contribution in [3.8, 4) is 5.75 Å². The van der Waals surface area contributed by atoms with Gasteiger partial charge in [-0.1, -0.05) is 0 Å². The van der Waals surface area contributed by atoms with Gasteiger partial charge in [-0.2, -0.15) is 0 Å². The van der Waals surface area contributed by atoms with Crippen LogP contribution in [0.25, 0.3) is 0 Å². The van der Waals surface area contributed by atoms with Crippen LogP contribution in [-0.4, -0.2) is 48.4 Å². The second-order valence-electron chi connectivity index (χ2n) is 5.19. The first kappa shape index (κ1) is 19.9. The van der Waals surface area contributed by atoms with E-state index in [2.05, 4.69) is 20.0 Å². The fourth-order valence-electron chi connectivity index (χ4n) is 1.88. The molecule has 0 aliphatic carbocycles. The maximum absolute atomic E-state index is 12.1. The first-order chi connectivity index (χ1) is 12.7. The molecule has 1 heterocycles. The number of alkyl halides is 3. The fraction of sp³-hybridized carbons (Fsp3) is 0.250. The van der Waals surface area contributed by atoms with Gasteiger partial charge in [-0.3, -0.25) is 9.59 Å². The molecule has 1 N–H and O–H groups in total. The number of nitrogens with one attached hydrogen (secondary N) is 1. The van der Waals surface area contributed by atoms with Crippen molar-refractivity contribution in [2.75, 3.05) is 30.4 Å². The number of carbonyl (C=O) groups is 2. The lowest BCUT2D eigenvalue weighted by molar-refractivity contribution is -0.274. The highest BCUT2D eigenvalue weighted by Crippen LogP contribution is 2.23. The minimum Gasteiger partial charge on any atom is -0.454 e. The summed E-state index contributed by atoms with van der Waals surface area (Å²) in [6.07, 6.45) is -1.76. The molecule has 0 unspecified atom stereocenters. The van der Waals surface area contributed by atoms with Gasteiger partial charge in [-0.05, 0) is 30.3 Å². The Hall–Kier alpha value is -3.37. The quantitative estimate of drug-likeness (QED) is 0.730. The highest BCUT2D eigenvalue weighted by atomic mass is 19.4. The SMILES string of the molecule is CN(CC(=O)OCC(=O)Nc1ccc(OC(F)(F)F)cc1)c1ncccn1. The molecule has 0 aliphatic heterocycles. The number of hydrogen-bond acceptors (Lipinski definition) is 7. The first-order valence-electron chi connectivity index (χ1n) is 7.52. The zero-order valence-electron chi connectivity index (χ0n) is 14.1. The Bertz CT molecular complexity index is 769. The van der Waals surface area contributed by atoms with Crippen LogP contribution in [0.5, 0.6) is 5.75 Å². The number of benzene rings is 1. The molecule has 27 heavy (non-hydrogen) atoms. The van der Waals surface area contributed by atoms with Crippen LogP contribution in [0.3, 0.4) is 0 Å². The predicted molar refractivity (Wildman–Crippen MR) is 88.0 cm³/mol. The summed E-state index contributed by atoms with van der Waals surface area (Å²) in [5.74, 6) is -1.42. The van der Waals surface area contributed by atoms with Crippen LogP contribution in [0.2, 0.25) is 0 Å². The molecule has 0 saturated heterocycles. The number of esters is 1. The van der Waals surface area contributed by atoms with Crippen LogP contribution in [0, 0.1) is 0 Å². The van der Waals surface area contributed by atoms with Crippen molar-refractivity contribution in [3.63, 3.8) is 0 Å². The zero-order chi connectivity index (χ0) is 19.9. The molecule has 2 aromatic rings. The van der Waals surface area contributed by atoms with Crippen molar-refractivity contribution in [3.05, 3.63) is 42.7 Å². The number of carbonyl (C=O) groups excluding carboxylic acids is 2. The van der Waals surface area contributed by atoms with Gasteiger partial charge in [-0.25, -0.2) is 9.97 Å². The number of ether oxygens (including phenoxy) is 2. The lowest BCUT2D eigenvalue weighted by Gasteiger charge is -2.15. The van der Waals surface area contributed by atoms with Crippen LogP contribution >= 0.6 is 0 Å². The second kappa shape index (κ2) is 8.83. The largest absolute Gasteiger partial charge is 0.573 e. The summed E-state index contributed by atoms with van der Waals surface area (Å²) in [7, 11) is 1.58. The Labute approximate surface area is 151 Å². The van der Waals surface area contributed by atoms with Gasteiger partial charge in [0.25, 0.3) is 5.91 Å². The van der Waals surface area contributed by atoms with Gasteiger partial charge >= 0.3 is 12.3 Å². The summed E-state index contributed by atoms with van der Waals surface area (Å²) in [5, 5.41) is 2.38. The molecular weight excluding hydrogens is 369 g/mol. The van der Waals surface area contributed by atoms with E-state index in [1.165, 1.54) is 29.4 Å². The Balaban J connectivity index is 1.76. The molecule has 1 aromatic heterocycles. The lowest BCUT2D eigenvalue weighted by Crippen LogP contribution is -2.30. The molecule has 0 bridgehead atoms. The van der Waals surface area contributed by atoms with E-state index in [0.717, 1.165) is 12.1 Å². The number of amides is 1. The Kier molecular flexibility index (Phi) is 6.52. The molecule has 0 radical (unpaired) electrons. The van der Waals surface area contributed by atoms with E-state index in [9.17, 15) is 22.8 Å². The molecule has 0 fully saturated rings. The number of aromatic nitrogens is 2. The van der Waals surface area contributed by atoms with Crippen molar-refractivity contribution in [1.29, 1.82) is 0 Å². The van der Waals surface area contributed by atoms with Crippen LogP contribution in [-0.2, 0) is 14.3 Å². The Morgan fingerprint density at radius 3 is 2.37 bits per heavy atom. The molecule has 0 aliphatic rings. The molecule has 11 heteroatoms. The average Bonchev–Trinajstić information content (AvgIpc) is 2.61. The number of likely N-dealkylation sites (N-methyl/N-ethyl adjacent to an activating group) is 1. The molecule has 1 aromatic carbocycles. The van der Waals surface area contributed by atoms with Crippen molar-refractivity contribution >= 4 is 23.5 Å². The van der Waals surface area contributed by atoms with Gasteiger partial charge in [0, 0.05) is 25.1 Å². The molecule has 1 amide bonds. The third kappa shape index (κ3) is 7.18. The van der Waals surface area contributed by atoms with Crippen LogP contribution in [0.1, 0.15) is 0 Å². The van der Waals surface area contributed by atoms with E-state index >= 15 is 0 Å². The number of nitrogens with zero attached hydrogens (tertiary/aromatic N) is 3. The molecule has 0 spiro atoms. The second-order valence-corrected chi connectivity index (χ2v) is 5.19. The molecule has 144 valence electrons. The van der Waals surface area contributed by atoms with E-state index in [1.54, 1.807) is 13.1 Å². The molecule has 0 saturated carbocycles.